The zero-order valence-corrected chi connectivity index (χ0v) is 18.4. The number of carbonyl (C=O) groups excluding carboxylic acids is 2. The Labute approximate surface area is 200 Å². The van der Waals surface area contributed by atoms with Crippen LogP contribution in [0.2, 0.25) is 0 Å². The number of nitro benzene ring substituents is 2. The van der Waals surface area contributed by atoms with Gasteiger partial charge in [-0.2, -0.15) is 0 Å². The third-order valence-corrected chi connectivity index (χ3v) is 5.55. The average Bonchev–Trinajstić information content (AvgIpc) is 3.33. The van der Waals surface area contributed by atoms with Gasteiger partial charge in [0.2, 0.25) is 5.13 Å². The van der Waals surface area contributed by atoms with Crippen molar-refractivity contribution in [3.05, 3.63) is 104 Å². The van der Waals surface area contributed by atoms with Gasteiger partial charge in [-0.05, 0) is 24.3 Å². The molecular formula is C22H14N6O6S. The van der Waals surface area contributed by atoms with Gasteiger partial charge in [-0.1, -0.05) is 41.7 Å². The fourth-order valence-electron chi connectivity index (χ4n) is 2.99. The van der Waals surface area contributed by atoms with E-state index in [4.69, 9.17) is 0 Å². The number of amides is 2. The normalized spacial score (nSPS) is 10.4. The minimum atomic E-state index is -0.821. The lowest BCUT2D eigenvalue weighted by Gasteiger charge is -2.07. The summed E-state index contributed by atoms with van der Waals surface area (Å²) in [4.78, 5) is 45.4. The maximum absolute atomic E-state index is 12.5. The first-order chi connectivity index (χ1) is 16.8. The molecule has 3 aromatic carbocycles. The van der Waals surface area contributed by atoms with Gasteiger partial charge >= 0.3 is 0 Å². The molecule has 0 saturated carbocycles. The van der Waals surface area contributed by atoms with Crippen molar-refractivity contribution in [3.8, 4) is 10.6 Å². The molecule has 2 N–H and O–H groups in total. The first-order valence-electron chi connectivity index (χ1n) is 9.86. The monoisotopic (exact) mass is 490 g/mol. The number of aromatic nitrogens is 2. The molecule has 1 aromatic heterocycles. The van der Waals surface area contributed by atoms with Gasteiger partial charge in [-0.3, -0.25) is 35.1 Å². The smallest absolute Gasteiger partial charge is 0.277 e. The van der Waals surface area contributed by atoms with Crippen molar-refractivity contribution in [1.82, 2.24) is 10.2 Å². The lowest BCUT2D eigenvalue weighted by molar-refractivity contribution is -0.394. The van der Waals surface area contributed by atoms with E-state index in [9.17, 15) is 29.8 Å². The molecule has 2 amide bonds. The highest BCUT2D eigenvalue weighted by Gasteiger charge is 2.20. The Kier molecular flexibility index (Phi) is 6.50. The van der Waals surface area contributed by atoms with Crippen LogP contribution < -0.4 is 10.6 Å². The van der Waals surface area contributed by atoms with Crippen LogP contribution in [0.25, 0.3) is 10.6 Å². The Bertz CT molecular complexity index is 1410. The van der Waals surface area contributed by atoms with E-state index in [1.165, 1.54) is 35.6 Å². The summed E-state index contributed by atoms with van der Waals surface area (Å²) in [6.07, 6.45) is 0. The van der Waals surface area contributed by atoms with Crippen molar-refractivity contribution < 1.29 is 19.4 Å². The molecule has 4 rings (SSSR count). The van der Waals surface area contributed by atoms with Gasteiger partial charge < -0.3 is 5.32 Å². The molecule has 0 saturated heterocycles. The zero-order chi connectivity index (χ0) is 24.9. The third-order valence-electron chi connectivity index (χ3n) is 4.66. The summed E-state index contributed by atoms with van der Waals surface area (Å²) in [6.45, 7) is 0. The molecule has 4 aromatic rings. The Morgan fingerprint density at radius 3 is 1.94 bits per heavy atom. The molecule has 0 bridgehead atoms. The molecule has 35 heavy (non-hydrogen) atoms. The highest BCUT2D eigenvalue weighted by molar-refractivity contribution is 7.18. The van der Waals surface area contributed by atoms with Crippen LogP contribution in [0.15, 0.2) is 72.8 Å². The molecule has 0 aliphatic carbocycles. The van der Waals surface area contributed by atoms with Gasteiger partial charge in [-0.15, -0.1) is 10.2 Å². The molecule has 0 unspecified atom stereocenters. The molecule has 0 radical (unpaired) electrons. The predicted octanol–water partition coefficient (Wildman–Crippen LogP) is 4.53. The number of hydrogen-bond donors (Lipinski definition) is 2. The van der Waals surface area contributed by atoms with E-state index in [1.807, 2.05) is 30.3 Å². The molecule has 0 aliphatic rings. The number of hydrogen-bond acceptors (Lipinski definition) is 9. The molecule has 0 fully saturated rings. The van der Waals surface area contributed by atoms with Gasteiger partial charge in [0.25, 0.3) is 23.2 Å². The first kappa shape index (κ1) is 23.1. The number of non-ortho nitro benzene ring substituents is 2. The second-order valence-electron chi connectivity index (χ2n) is 7.02. The number of carbonyl (C=O) groups is 2. The lowest BCUT2D eigenvalue weighted by atomic mass is 10.1. The van der Waals surface area contributed by atoms with Crippen LogP contribution in [0.5, 0.6) is 0 Å². The predicted molar refractivity (Wildman–Crippen MR) is 127 cm³/mol. The largest absolute Gasteiger partial charge is 0.322 e. The van der Waals surface area contributed by atoms with Crippen molar-refractivity contribution >= 4 is 45.3 Å². The minimum Gasteiger partial charge on any atom is -0.322 e. The first-order valence-corrected chi connectivity index (χ1v) is 10.7. The molecule has 0 spiro atoms. The quantitative estimate of drug-likeness (QED) is 0.281. The molecule has 12 nitrogen and oxygen atoms in total. The number of nitrogens with zero attached hydrogens (tertiary/aromatic N) is 4. The minimum absolute atomic E-state index is 0.252. The van der Waals surface area contributed by atoms with E-state index in [-0.39, 0.29) is 16.8 Å². The van der Waals surface area contributed by atoms with Crippen LogP contribution in [0.4, 0.5) is 22.2 Å². The van der Waals surface area contributed by atoms with Gasteiger partial charge in [0.05, 0.1) is 21.5 Å². The van der Waals surface area contributed by atoms with Crippen LogP contribution in [0, 0.1) is 20.2 Å². The molecule has 174 valence electrons. The summed E-state index contributed by atoms with van der Waals surface area (Å²) in [7, 11) is 0. The van der Waals surface area contributed by atoms with Crippen molar-refractivity contribution in [2.75, 3.05) is 10.6 Å². The highest BCUT2D eigenvalue weighted by Crippen LogP contribution is 2.27. The molecule has 13 heteroatoms. The number of nitro groups is 2. The summed E-state index contributed by atoms with van der Waals surface area (Å²) in [5.74, 6) is -1.22. The van der Waals surface area contributed by atoms with Crippen LogP contribution in [0.1, 0.15) is 20.7 Å². The Hall–Kier alpha value is -5.04. The summed E-state index contributed by atoms with van der Waals surface area (Å²) in [5.41, 5.74) is 0.0262. The fraction of sp³-hybridized carbons (Fsp3) is 0. The topological polar surface area (TPSA) is 170 Å². The van der Waals surface area contributed by atoms with E-state index in [1.54, 1.807) is 0 Å². The average molecular weight is 490 g/mol. The summed E-state index contributed by atoms with van der Waals surface area (Å²) in [6, 6.07) is 17.9. The second-order valence-corrected chi connectivity index (χ2v) is 7.99. The number of benzene rings is 3. The number of nitrogens with one attached hydrogen (secondary N) is 2. The van der Waals surface area contributed by atoms with E-state index in [0.717, 1.165) is 23.8 Å². The maximum Gasteiger partial charge on any atom is 0.277 e. The number of anilines is 2. The second kappa shape index (κ2) is 9.84. The van der Waals surface area contributed by atoms with Crippen LogP contribution in [-0.4, -0.2) is 31.9 Å². The van der Waals surface area contributed by atoms with Gasteiger partial charge in [0.1, 0.15) is 5.01 Å². The van der Waals surface area contributed by atoms with Crippen molar-refractivity contribution in [3.63, 3.8) is 0 Å². The SMILES string of the molecule is O=C(Nc1ccc(C(=O)Nc2nnc(-c3ccccc3)s2)cc1)c1cc([N+](=O)[O-])cc([N+](=O)[O-])c1. The standard InChI is InChI=1S/C22H14N6O6S/c29-19(24-22-26-25-21(35-22)14-4-2-1-3-5-14)13-6-8-16(9-7-13)23-20(30)15-10-17(27(31)32)12-18(11-15)28(33)34/h1-12H,(H,23,30)(H,24,26,29). The van der Waals surface area contributed by atoms with Crippen LogP contribution in [-0.2, 0) is 0 Å². The third kappa shape index (κ3) is 5.48. The van der Waals surface area contributed by atoms with Gasteiger partial charge in [0.15, 0.2) is 0 Å². The van der Waals surface area contributed by atoms with Gasteiger partial charge in [-0.25, -0.2) is 0 Å². The maximum atomic E-state index is 12.5. The Morgan fingerprint density at radius 1 is 0.743 bits per heavy atom. The van der Waals surface area contributed by atoms with Crippen molar-refractivity contribution in [2.24, 2.45) is 0 Å². The van der Waals surface area contributed by atoms with Crippen molar-refractivity contribution in [1.29, 1.82) is 0 Å². The highest BCUT2D eigenvalue weighted by atomic mass is 32.1. The zero-order valence-electron chi connectivity index (χ0n) is 17.6. The fourth-order valence-corrected chi connectivity index (χ4v) is 3.73. The van der Waals surface area contributed by atoms with Crippen molar-refractivity contribution in [2.45, 2.75) is 0 Å². The van der Waals surface area contributed by atoms with Gasteiger partial charge in [0, 0.05) is 28.9 Å². The summed E-state index contributed by atoms with van der Waals surface area (Å²) < 4.78 is 0. The van der Waals surface area contributed by atoms with Crippen LogP contribution in [0.3, 0.4) is 0 Å². The molecule has 0 atom stereocenters. The Morgan fingerprint density at radius 2 is 1.34 bits per heavy atom. The van der Waals surface area contributed by atoms with E-state index in [0.29, 0.717) is 10.1 Å². The molecule has 1 heterocycles. The Balaban J connectivity index is 1.43. The van der Waals surface area contributed by atoms with Crippen LogP contribution >= 0.6 is 11.3 Å². The molecular weight excluding hydrogens is 476 g/mol. The lowest BCUT2D eigenvalue weighted by Crippen LogP contribution is -2.14. The molecule has 0 aliphatic heterocycles. The summed E-state index contributed by atoms with van der Waals surface area (Å²) in [5, 5.41) is 36.2. The number of rotatable bonds is 7. The van der Waals surface area contributed by atoms with E-state index < -0.39 is 33.0 Å². The van der Waals surface area contributed by atoms with E-state index >= 15 is 0 Å². The summed E-state index contributed by atoms with van der Waals surface area (Å²) >= 11 is 1.22. The van der Waals surface area contributed by atoms with E-state index in [2.05, 4.69) is 20.8 Å².